The first-order valence-corrected chi connectivity index (χ1v) is 6.99. The molecule has 0 aliphatic carbocycles. The Balaban J connectivity index is 2.33. The summed E-state index contributed by atoms with van der Waals surface area (Å²) in [5.41, 5.74) is -0.224. The number of anilines is 1. The predicted molar refractivity (Wildman–Crippen MR) is 75.2 cm³/mol. The van der Waals surface area contributed by atoms with Crippen molar-refractivity contribution in [3.05, 3.63) is 29.3 Å². The largest absolute Gasteiger partial charge is 0.404 e. The molecule has 0 spiro atoms. The number of carbonyl (C=O) groups is 1. The van der Waals surface area contributed by atoms with Gasteiger partial charge in [0.15, 0.2) is 5.41 Å². The minimum Gasteiger partial charge on any atom is -0.325 e. The molecule has 1 aliphatic heterocycles. The smallest absolute Gasteiger partial charge is 0.325 e. The van der Waals surface area contributed by atoms with Crippen molar-refractivity contribution in [1.82, 2.24) is 5.32 Å². The van der Waals surface area contributed by atoms with Gasteiger partial charge in [-0.2, -0.15) is 13.2 Å². The molecule has 1 fully saturated rings. The van der Waals surface area contributed by atoms with Crippen LogP contribution in [0.25, 0.3) is 0 Å². The molecule has 0 bridgehead atoms. The van der Waals surface area contributed by atoms with Gasteiger partial charge in [-0.1, -0.05) is 25.1 Å². The average Bonchev–Trinajstić information content (AvgIpc) is 2.91. The molecule has 116 valence electrons. The normalized spacial score (nSPS) is 22.3. The Hall–Kier alpha value is -1.56. The highest BCUT2D eigenvalue weighted by atomic mass is 19.4. The van der Waals surface area contributed by atoms with Crippen LogP contribution in [0.15, 0.2) is 18.2 Å². The van der Waals surface area contributed by atoms with Crippen LogP contribution in [0.3, 0.4) is 0 Å². The van der Waals surface area contributed by atoms with Crippen LogP contribution >= 0.6 is 0 Å². The lowest BCUT2D eigenvalue weighted by Gasteiger charge is -2.30. The molecule has 21 heavy (non-hydrogen) atoms. The first-order valence-electron chi connectivity index (χ1n) is 6.99. The third-order valence-corrected chi connectivity index (χ3v) is 4.11. The minimum absolute atomic E-state index is 0.196. The van der Waals surface area contributed by atoms with Crippen LogP contribution in [-0.4, -0.2) is 25.2 Å². The van der Waals surface area contributed by atoms with E-state index >= 15 is 0 Å². The molecule has 1 atom stereocenters. The Kier molecular flexibility index (Phi) is 4.27. The first-order chi connectivity index (χ1) is 9.82. The molecule has 2 rings (SSSR count). The Morgan fingerprint density at radius 1 is 1.43 bits per heavy atom. The van der Waals surface area contributed by atoms with Crippen molar-refractivity contribution in [2.24, 2.45) is 5.41 Å². The van der Waals surface area contributed by atoms with Crippen LogP contribution in [0.1, 0.15) is 24.5 Å². The SMILES string of the molecule is CCc1cccc(C)c1NC(=O)C1(C(F)(F)F)CCNC1. The summed E-state index contributed by atoms with van der Waals surface area (Å²) in [4.78, 5) is 12.3. The molecule has 1 aromatic rings. The number of carbonyl (C=O) groups excluding carboxylic acids is 1. The van der Waals surface area contributed by atoms with Gasteiger partial charge in [0.2, 0.25) is 5.91 Å². The highest BCUT2D eigenvalue weighted by Gasteiger charge is 2.61. The first kappa shape index (κ1) is 15.8. The van der Waals surface area contributed by atoms with Crippen LogP contribution in [0.4, 0.5) is 18.9 Å². The number of rotatable bonds is 3. The lowest BCUT2D eigenvalue weighted by molar-refractivity contribution is -0.213. The second-order valence-electron chi connectivity index (χ2n) is 5.42. The highest BCUT2D eigenvalue weighted by molar-refractivity contribution is 5.97. The molecule has 6 heteroatoms. The Morgan fingerprint density at radius 3 is 2.67 bits per heavy atom. The molecule has 1 amide bonds. The Labute approximate surface area is 121 Å². The number of benzene rings is 1. The van der Waals surface area contributed by atoms with Crippen molar-refractivity contribution >= 4 is 11.6 Å². The third-order valence-electron chi connectivity index (χ3n) is 4.11. The van der Waals surface area contributed by atoms with E-state index in [4.69, 9.17) is 0 Å². The Bertz CT molecular complexity index is 534. The number of alkyl halides is 3. The molecule has 3 nitrogen and oxygen atoms in total. The fourth-order valence-electron chi connectivity index (χ4n) is 2.69. The summed E-state index contributed by atoms with van der Waals surface area (Å²) >= 11 is 0. The van der Waals surface area contributed by atoms with E-state index in [0.29, 0.717) is 12.1 Å². The molecule has 0 saturated carbocycles. The molecule has 0 radical (unpaired) electrons. The highest BCUT2D eigenvalue weighted by Crippen LogP contribution is 2.44. The predicted octanol–water partition coefficient (Wildman–Crippen LogP) is 3.04. The van der Waals surface area contributed by atoms with Gasteiger partial charge in [0.05, 0.1) is 0 Å². The molecular weight excluding hydrogens is 281 g/mol. The van der Waals surface area contributed by atoms with E-state index in [2.05, 4.69) is 10.6 Å². The summed E-state index contributed by atoms with van der Waals surface area (Å²) in [5.74, 6) is -0.969. The van der Waals surface area contributed by atoms with Crippen molar-refractivity contribution in [2.75, 3.05) is 18.4 Å². The summed E-state index contributed by atoms with van der Waals surface area (Å²) in [6, 6.07) is 5.43. The van der Waals surface area contributed by atoms with Gasteiger partial charge >= 0.3 is 6.18 Å². The number of nitrogens with one attached hydrogen (secondary N) is 2. The van der Waals surface area contributed by atoms with E-state index < -0.39 is 17.5 Å². The molecule has 2 N–H and O–H groups in total. The van der Waals surface area contributed by atoms with Crippen LogP contribution in [-0.2, 0) is 11.2 Å². The maximum absolute atomic E-state index is 13.4. The van der Waals surface area contributed by atoms with Gasteiger partial charge in [-0.15, -0.1) is 0 Å². The van der Waals surface area contributed by atoms with E-state index in [9.17, 15) is 18.0 Å². The maximum atomic E-state index is 13.4. The van der Waals surface area contributed by atoms with Gasteiger partial charge in [0, 0.05) is 12.2 Å². The second-order valence-corrected chi connectivity index (χ2v) is 5.42. The molecule has 1 heterocycles. The lowest BCUT2D eigenvalue weighted by atomic mass is 9.85. The monoisotopic (exact) mass is 300 g/mol. The van der Waals surface area contributed by atoms with Crippen LogP contribution < -0.4 is 10.6 Å². The number of para-hydroxylation sites is 1. The van der Waals surface area contributed by atoms with Gasteiger partial charge in [0.1, 0.15) is 0 Å². The van der Waals surface area contributed by atoms with Gasteiger partial charge in [-0.3, -0.25) is 4.79 Å². The van der Waals surface area contributed by atoms with Crippen LogP contribution in [0.2, 0.25) is 0 Å². The number of hydrogen-bond acceptors (Lipinski definition) is 2. The van der Waals surface area contributed by atoms with Crippen molar-refractivity contribution in [3.8, 4) is 0 Å². The van der Waals surface area contributed by atoms with Gasteiger partial charge in [-0.05, 0) is 37.4 Å². The van der Waals surface area contributed by atoms with Crippen molar-refractivity contribution < 1.29 is 18.0 Å². The third kappa shape index (κ3) is 2.77. The fraction of sp³-hybridized carbons (Fsp3) is 0.533. The number of amides is 1. The summed E-state index contributed by atoms with van der Waals surface area (Å²) in [7, 11) is 0. The zero-order chi connectivity index (χ0) is 15.7. The average molecular weight is 300 g/mol. The zero-order valence-electron chi connectivity index (χ0n) is 12.1. The van der Waals surface area contributed by atoms with Crippen molar-refractivity contribution in [3.63, 3.8) is 0 Å². The zero-order valence-corrected chi connectivity index (χ0v) is 12.1. The van der Waals surface area contributed by atoms with Gasteiger partial charge < -0.3 is 10.6 Å². The summed E-state index contributed by atoms with van der Waals surface area (Å²) in [6.45, 7) is 3.51. The van der Waals surface area contributed by atoms with E-state index in [1.54, 1.807) is 13.0 Å². The molecular formula is C15H19F3N2O. The summed E-state index contributed by atoms with van der Waals surface area (Å²) < 4.78 is 40.1. The molecule has 1 unspecified atom stereocenters. The quantitative estimate of drug-likeness (QED) is 0.901. The molecule has 1 saturated heterocycles. The topological polar surface area (TPSA) is 41.1 Å². The molecule has 0 aromatic heterocycles. The maximum Gasteiger partial charge on any atom is 0.404 e. The van der Waals surface area contributed by atoms with Gasteiger partial charge in [-0.25, -0.2) is 0 Å². The second kappa shape index (κ2) is 5.67. The van der Waals surface area contributed by atoms with Gasteiger partial charge in [0.25, 0.3) is 0 Å². The van der Waals surface area contributed by atoms with Crippen LogP contribution in [0.5, 0.6) is 0 Å². The van der Waals surface area contributed by atoms with Crippen molar-refractivity contribution in [2.45, 2.75) is 32.9 Å². The standard InChI is InChI=1S/C15H19F3N2O/c1-3-11-6-4-5-10(2)12(11)20-13(21)14(15(16,17)18)7-8-19-9-14/h4-6,19H,3,7-9H2,1-2H3,(H,20,21). The minimum atomic E-state index is -4.56. The van der Waals surface area contributed by atoms with E-state index in [1.165, 1.54) is 0 Å². The summed E-state index contributed by atoms with van der Waals surface area (Å²) in [6.07, 6.45) is -4.14. The van der Waals surface area contributed by atoms with Crippen molar-refractivity contribution in [1.29, 1.82) is 0 Å². The lowest BCUT2D eigenvalue weighted by Crippen LogP contribution is -2.49. The molecule has 1 aliphatic rings. The summed E-state index contributed by atoms with van der Waals surface area (Å²) in [5, 5.41) is 5.17. The van der Waals surface area contributed by atoms with E-state index in [1.807, 2.05) is 19.1 Å². The van der Waals surface area contributed by atoms with Crippen LogP contribution in [0, 0.1) is 12.3 Å². The Morgan fingerprint density at radius 2 is 2.14 bits per heavy atom. The number of hydrogen-bond donors (Lipinski definition) is 2. The fourth-order valence-corrected chi connectivity index (χ4v) is 2.69. The molecule has 1 aromatic carbocycles. The number of aryl methyl sites for hydroxylation is 2. The number of halogens is 3. The van der Waals surface area contributed by atoms with E-state index in [0.717, 1.165) is 11.1 Å². The van der Waals surface area contributed by atoms with E-state index in [-0.39, 0.29) is 19.5 Å².